The van der Waals surface area contributed by atoms with Gasteiger partial charge in [0, 0.05) is 33.5 Å². The fourth-order valence-corrected chi connectivity index (χ4v) is 3.79. The molecule has 138 valence electrons. The minimum absolute atomic E-state index is 0.136. The number of carbonyl (C=O) groups is 2. The Kier molecular flexibility index (Phi) is 6.92. The smallest absolute Gasteiger partial charge is 0.265 e. The number of nitrogens with one attached hydrogen (secondary N) is 2. The van der Waals surface area contributed by atoms with Gasteiger partial charge in [-0.3, -0.25) is 9.59 Å². The quantitative estimate of drug-likeness (QED) is 0.412. The standard InChI is InChI=1S/C20H17ClN2O2S2/c21-15-5-9-17(10-6-15)26-13-11-22-19(24)14-3-7-16(8-4-14)23-20(25)18-2-1-12-27-18/h1-10,12H,11,13H2,(H,22,24)(H,23,25). The van der Waals surface area contributed by atoms with Crippen LogP contribution >= 0.6 is 34.7 Å². The first-order valence-electron chi connectivity index (χ1n) is 8.23. The van der Waals surface area contributed by atoms with Gasteiger partial charge in [-0.15, -0.1) is 23.1 Å². The minimum Gasteiger partial charge on any atom is -0.351 e. The second kappa shape index (κ2) is 9.60. The first kappa shape index (κ1) is 19.5. The lowest BCUT2D eigenvalue weighted by Gasteiger charge is -2.07. The maximum Gasteiger partial charge on any atom is 0.265 e. The number of amides is 2. The predicted molar refractivity (Wildman–Crippen MR) is 113 cm³/mol. The molecule has 2 N–H and O–H groups in total. The normalized spacial score (nSPS) is 10.4. The van der Waals surface area contributed by atoms with E-state index in [2.05, 4.69) is 10.6 Å². The molecule has 0 spiro atoms. The predicted octanol–water partition coefficient (Wildman–Crippen LogP) is 5.18. The Morgan fingerprint density at radius 2 is 1.70 bits per heavy atom. The van der Waals surface area contributed by atoms with Crippen molar-refractivity contribution in [2.75, 3.05) is 17.6 Å². The monoisotopic (exact) mass is 416 g/mol. The third-order valence-corrected chi connectivity index (χ3v) is 5.75. The van der Waals surface area contributed by atoms with Crippen LogP contribution in [-0.4, -0.2) is 24.1 Å². The van der Waals surface area contributed by atoms with Crippen molar-refractivity contribution in [3.8, 4) is 0 Å². The molecule has 0 aliphatic rings. The van der Waals surface area contributed by atoms with Crippen LogP contribution in [-0.2, 0) is 0 Å². The topological polar surface area (TPSA) is 58.2 Å². The Hall–Kier alpha value is -2.28. The molecule has 2 amide bonds. The molecule has 0 aliphatic carbocycles. The van der Waals surface area contributed by atoms with Crippen molar-refractivity contribution in [1.29, 1.82) is 0 Å². The Bertz CT molecular complexity index is 895. The van der Waals surface area contributed by atoms with Crippen LogP contribution in [0.4, 0.5) is 5.69 Å². The van der Waals surface area contributed by atoms with Gasteiger partial charge in [0.1, 0.15) is 0 Å². The molecular weight excluding hydrogens is 400 g/mol. The summed E-state index contributed by atoms with van der Waals surface area (Å²) in [5.41, 5.74) is 1.21. The zero-order valence-electron chi connectivity index (χ0n) is 14.3. The molecule has 0 atom stereocenters. The summed E-state index contributed by atoms with van der Waals surface area (Å²) in [6.45, 7) is 0.559. The highest BCUT2D eigenvalue weighted by Crippen LogP contribution is 2.19. The van der Waals surface area contributed by atoms with Gasteiger partial charge in [0.2, 0.25) is 0 Å². The van der Waals surface area contributed by atoms with Gasteiger partial charge in [0.15, 0.2) is 0 Å². The number of rotatable bonds is 7. The van der Waals surface area contributed by atoms with Crippen molar-refractivity contribution in [3.63, 3.8) is 0 Å². The van der Waals surface area contributed by atoms with Gasteiger partial charge in [0.05, 0.1) is 4.88 Å². The second-order valence-corrected chi connectivity index (χ2v) is 8.12. The van der Waals surface area contributed by atoms with E-state index in [-0.39, 0.29) is 11.8 Å². The van der Waals surface area contributed by atoms with Gasteiger partial charge in [0.25, 0.3) is 11.8 Å². The number of benzene rings is 2. The van der Waals surface area contributed by atoms with Gasteiger partial charge in [-0.25, -0.2) is 0 Å². The Morgan fingerprint density at radius 3 is 2.37 bits per heavy atom. The third-order valence-electron chi connectivity index (χ3n) is 3.62. The lowest BCUT2D eigenvalue weighted by Crippen LogP contribution is -2.25. The molecule has 0 unspecified atom stereocenters. The van der Waals surface area contributed by atoms with Crippen molar-refractivity contribution in [3.05, 3.63) is 81.5 Å². The summed E-state index contributed by atoms with van der Waals surface area (Å²) in [6.07, 6.45) is 0. The Morgan fingerprint density at radius 1 is 0.963 bits per heavy atom. The van der Waals surface area contributed by atoms with Crippen LogP contribution in [0.2, 0.25) is 5.02 Å². The number of thioether (sulfide) groups is 1. The lowest BCUT2D eigenvalue weighted by atomic mass is 10.2. The van der Waals surface area contributed by atoms with Gasteiger partial charge < -0.3 is 10.6 Å². The van der Waals surface area contributed by atoms with E-state index in [1.807, 2.05) is 35.7 Å². The molecule has 2 aromatic carbocycles. The lowest BCUT2D eigenvalue weighted by molar-refractivity contribution is 0.0955. The Balaban J connectivity index is 1.44. The average molecular weight is 417 g/mol. The molecule has 0 bridgehead atoms. The fraction of sp³-hybridized carbons (Fsp3) is 0.100. The van der Waals surface area contributed by atoms with Crippen LogP contribution in [0.3, 0.4) is 0 Å². The zero-order valence-corrected chi connectivity index (χ0v) is 16.7. The molecule has 4 nitrogen and oxygen atoms in total. The summed E-state index contributed by atoms with van der Waals surface area (Å²) >= 11 is 8.90. The van der Waals surface area contributed by atoms with Crippen molar-refractivity contribution < 1.29 is 9.59 Å². The molecule has 1 aromatic heterocycles. The molecule has 3 rings (SSSR count). The van der Waals surface area contributed by atoms with Crippen LogP contribution in [0.15, 0.2) is 70.9 Å². The number of anilines is 1. The van der Waals surface area contributed by atoms with Crippen molar-refractivity contribution >= 4 is 52.2 Å². The maximum atomic E-state index is 12.2. The number of hydrogen-bond acceptors (Lipinski definition) is 4. The third kappa shape index (κ3) is 5.85. The number of thiophene rings is 1. The average Bonchev–Trinajstić information content (AvgIpc) is 3.22. The van der Waals surface area contributed by atoms with Crippen LogP contribution < -0.4 is 10.6 Å². The van der Waals surface area contributed by atoms with E-state index in [1.54, 1.807) is 42.1 Å². The highest BCUT2D eigenvalue weighted by atomic mass is 35.5. The molecule has 7 heteroatoms. The summed E-state index contributed by atoms with van der Waals surface area (Å²) < 4.78 is 0. The van der Waals surface area contributed by atoms with Crippen LogP contribution in [0.25, 0.3) is 0 Å². The molecule has 0 saturated carbocycles. The summed E-state index contributed by atoms with van der Waals surface area (Å²) in [5.74, 6) is 0.478. The van der Waals surface area contributed by atoms with Crippen molar-refractivity contribution in [2.24, 2.45) is 0 Å². The largest absolute Gasteiger partial charge is 0.351 e. The molecule has 0 radical (unpaired) electrons. The van der Waals surface area contributed by atoms with Crippen LogP contribution in [0, 0.1) is 0 Å². The van der Waals surface area contributed by atoms with E-state index < -0.39 is 0 Å². The van der Waals surface area contributed by atoms with E-state index in [0.29, 0.717) is 27.7 Å². The molecule has 27 heavy (non-hydrogen) atoms. The maximum absolute atomic E-state index is 12.2. The van der Waals surface area contributed by atoms with Gasteiger partial charge >= 0.3 is 0 Å². The number of hydrogen-bond donors (Lipinski definition) is 2. The molecular formula is C20H17ClN2O2S2. The van der Waals surface area contributed by atoms with Gasteiger partial charge in [-0.05, 0) is 60.0 Å². The fourth-order valence-electron chi connectivity index (χ4n) is 2.27. The van der Waals surface area contributed by atoms with Gasteiger partial charge in [-0.2, -0.15) is 0 Å². The van der Waals surface area contributed by atoms with E-state index in [9.17, 15) is 9.59 Å². The second-order valence-electron chi connectivity index (χ2n) is 5.57. The van der Waals surface area contributed by atoms with E-state index in [0.717, 1.165) is 10.6 Å². The van der Waals surface area contributed by atoms with Crippen LogP contribution in [0.5, 0.6) is 0 Å². The van der Waals surface area contributed by atoms with E-state index in [1.165, 1.54) is 11.3 Å². The molecule has 1 heterocycles. The summed E-state index contributed by atoms with van der Waals surface area (Å²) in [4.78, 5) is 26.0. The van der Waals surface area contributed by atoms with E-state index >= 15 is 0 Å². The first-order valence-corrected chi connectivity index (χ1v) is 10.5. The number of carbonyl (C=O) groups excluding carboxylic acids is 2. The molecule has 3 aromatic rings. The molecule has 0 saturated heterocycles. The minimum atomic E-state index is -0.151. The SMILES string of the molecule is O=C(NCCSc1ccc(Cl)cc1)c1ccc(NC(=O)c2cccs2)cc1. The zero-order chi connectivity index (χ0) is 19.1. The first-order chi connectivity index (χ1) is 13.1. The summed E-state index contributed by atoms with van der Waals surface area (Å²) in [6, 6.07) is 18.1. The highest BCUT2D eigenvalue weighted by Gasteiger charge is 2.08. The molecule has 0 aliphatic heterocycles. The van der Waals surface area contributed by atoms with Crippen molar-refractivity contribution in [1.82, 2.24) is 5.32 Å². The summed E-state index contributed by atoms with van der Waals surface area (Å²) in [5, 5.41) is 8.27. The molecule has 0 fully saturated rings. The Labute approximate surface area is 170 Å². The highest BCUT2D eigenvalue weighted by molar-refractivity contribution is 7.99. The van der Waals surface area contributed by atoms with Crippen LogP contribution in [0.1, 0.15) is 20.0 Å². The van der Waals surface area contributed by atoms with E-state index in [4.69, 9.17) is 11.6 Å². The summed E-state index contributed by atoms with van der Waals surface area (Å²) in [7, 11) is 0. The number of halogens is 1. The van der Waals surface area contributed by atoms with Crippen molar-refractivity contribution in [2.45, 2.75) is 4.90 Å². The van der Waals surface area contributed by atoms with Gasteiger partial charge in [-0.1, -0.05) is 17.7 Å².